The van der Waals surface area contributed by atoms with Crippen LogP contribution in [-0.2, 0) is 9.59 Å². The minimum atomic E-state index is -5.03. The number of aliphatic carboxylic acids is 1. The molecule has 0 saturated carbocycles. The Morgan fingerprint density at radius 1 is 1.38 bits per heavy atom. The maximum atomic E-state index is 12.3. The summed E-state index contributed by atoms with van der Waals surface area (Å²) in [7, 11) is 0. The molecule has 1 heterocycles. The second-order valence-electron chi connectivity index (χ2n) is 4.38. The Labute approximate surface area is 90.0 Å². The van der Waals surface area contributed by atoms with Crippen LogP contribution in [0.3, 0.4) is 0 Å². The molecule has 0 aromatic carbocycles. The van der Waals surface area contributed by atoms with Crippen molar-refractivity contribution >= 4 is 11.9 Å². The average molecular weight is 239 g/mol. The van der Waals surface area contributed by atoms with Gasteiger partial charge in [0.1, 0.15) is 6.04 Å². The van der Waals surface area contributed by atoms with Crippen molar-refractivity contribution < 1.29 is 27.9 Å². The smallest absolute Gasteiger partial charge is 0.471 e. The van der Waals surface area contributed by atoms with Crippen LogP contribution in [0, 0.1) is 0 Å². The molecule has 4 nitrogen and oxygen atoms in total. The molecule has 16 heavy (non-hydrogen) atoms. The molecule has 1 atom stereocenters. The van der Waals surface area contributed by atoms with Crippen LogP contribution >= 0.6 is 0 Å². The molecule has 0 aromatic rings. The largest absolute Gasteiger partial charge is 0.480 e. The number of likely N-dealkylation sites (tertiary alicyclic amines) is 1. The van der Waals surface area contributed by atoms with E-state index in [1.807, 2.05) is 0 Å². The summed E-state index contributed by atoms with van der Waals surface area (Å²) in [6.07, 6.45) is -4.74. The normalized spacial score (nSPS) is 24.6. The quantitative estimate of drug-likeness (QED) is 0.752. The fraction of sp³-hybridized carbons (Fsp3) is 0.778. The van der Waals surface area contributed by atoms with Gasteiger partial charge in [-0.15, -0.1) is 0 Å². The van der Waals surface area contributed by atoms with E-state index >= 15 is 0 Å². The third kappa shape index (κ3) is 2.12. The van der Waals surface area contributed by atoms with Crippen molar-refractivity contribution in [2.45, 2.75) is 44.4 Å². The first kappa shape index (κ1) is 12.8. The molecule has 0 aliphatic carbocycles. The van der Waals surface area contributed by atoms with E-state index in [9.17, 15) is 22.8 Å². The highest BCUT2D eigenvalue weighted by Crippen LogP contribution is 2.36. The van der Waals surface area contributed by atoms with Crippen LogP contribution in [0.2, 0.25) is 0 Å². The van der Waals surface area contributed by atoms with Crippen LogP contribution in [0.15, 0.2) is 0 Å². The first-order valence-electron chi connectivity index (χ1n) is 4.70. The molecule has 1 amide bonds. The van der Waals surface area contributed by atoms with Crippen molar-refractivity contribution in [3.63, 3.8) is 0 Å². The van der Waals surface area contributed by atoms with Gasteiger partial charge in [-0.2, -0.15) is 13.2 Å². The van der Waals surface area contributed by atoms with Gasteiger partial charge < -0.3 is 10.0 Å². The van der Waals surface area contributed by atoms with Crippen LogP contribution in [0.25, 0.3) is 0 Å². The van der Waals surface area contributed by atoms with Gasteiger partial charge in [-0.1, -0.05) is 0 Å². The number of rotatable bonds is 1. The Hall–Kier alpha value is -1.27. The monoisotopic (exact) mass is 239 g/mol. The van der Waals surface area contributed by atoms with Crippen molar-refractivity contribution in [1.82, 2.24) is 4.90 Å². The summed E-state index contributed by atoms with van der Waals surface area (Å²) in [6.45, 7) is 2.86. The molecule has 1 N–H and O–H groups in total. The number of alkyl halides is 3. The van der Waals surface area contributed by atoms with Crippen molar-refractivity contribution in [3.8, 4) is 0 Å². The van der Waals surface area contributed by atoms with Crippen molar-refractivity contribution in [2.75, 3.05) is 0 Å². The molecule has 0 aromatic heterocycles. The van der Waals surface area contributed by atoms with E-state index in [0.29, 0.717) is 4.90 Å². The number of hydrogen-bond acceptors (Lipinski definition) is 2. The topological polar surface area (TPSA) is 57.6 Å². The molecule has 92 valence electrons. The number of hydrogen-bond donors (Lipinski definition) is 1. The number of carboxylic acids is 1. The van der Waals surface area contributed by atoms with E-state index < -0.39 is 29.6 Å². The van der Waals surface area contributed by atoms with Gasteiger partial charge in [0.15, 0.2) is 0 Å². The van der Waals surface area contributed by atoms with Crippen LogP contribution < -0.4 is 0 Å². The Bertz CT molecular complexity index is 324. The Balaban J connectivity index is 3.05. The summed E-state index contributed by atoms with van der Waals surface area (Å²) in [5, 5.41) is 8.77. The van der Waals surface area contributed by atoms with Gasteiger partial charge in [-0.05, 0) is 26.7 Å². The minimum absolute atomic E-state index is 0.0458. The maximum absolute atomic E-state index is 12.3. The van der Waals surface area contributed by atoms with Crippen molar-refractivity contribution in [1.29, 1.82) is 0 Å². The van der Waals surface area contributed by atoms with Crippen LogP contribution in [0.4, 0.5) is 13.2 Å². The van der Waals surface area contributed by atoms with Crippen molar-refractivity contribution in [3.05, 3.63) is 0 Å². The zero-order valence-electron chi connectivity index (χ0n) is 8.84. The van der Waals surface area contributed by atoms with Gasteiger partial charge >= 0.3 is 18.1 Å². The summed E-state index contributed by atoms with van der Waals surface area (Å²) in [5.41, 5.74) is -1.07. The van der Waals surface area contributed by atoms with Gasteiger partial charge in [0.25, 0.3) is 0 Å². The number of halogens is 3. The molecule has 0 radical (unpaired) electrons. The molecule has 1 aliphatic rings. The van der Waals surface area contributed by atoms with Gasteiger partial charge in [0, 0.05) is 5.54 Å². The first-order chi connectivity index (χ1) is 7.07. The highest BCUT2D eigenvalue weighted by molar-refractivity contribution is 5.88. The van der Waals surface area contributed by atoms with Crippen LogP contribution in [-0.4, -0.2) is 39.6 Å². The number of carbonyl (C=O) groups is 2. The highest BCUT2D eigenvalue weighted by atomic mass is 19.4. The van der Waals surface area contributed by atoms with Crippen LogP contribution in [0.1, 0.15) is 26.7 Å². The standard InChI is InChI=1S/C9H12F3NO3/c1-8(2)4-3-5(6(14)15)13(8)7(16)9(10,11)12/h5H,3-4H2,1-2H3,(H,14,15). The second kappa shape index (κ2) is 3.64. The summed E-state index contributed by atoms with van der Waals surface area (Å²) in [5.74, 6) is -3.48. The van der Waals surface area contributed by atoms with E-state index in [-0.39, 0.29) is 12.8 Å². The molecular weight excluding hydrogens is 227 g/mol. The zero-order valence-corrected chi connectivity index (χ0v) is 8.84. The molecule has 0 spiro atoms. The summed E-state index contributed by atoms with van der Waals surface area (Å²) in [4.78, 5) is 22.3. The Morgan fingerprint density at radius 2 is 1.88 bits per heavy atom. The average Bonchev–Trinajstić information content (AvgIpc) is 2.38. The number of carbonyl (C=O) groups excluding carboxylic acids is 1. The first-order valence-corrected chi connectivity index (χ1v) is 4.70. The Kier molecular flexibility index (Phi) is 2.91. The van der Waals surface area contributed by atoms with Gasteiger partial charge in [-0.3, -0.25) is 4.79 Å². The second-order valence-corrected chi connectivity index (χ2v) is 4.38. The van der Waals surface area contributed by atoms with E-state index in [2.05, 4.69) is 0 Å². The lowest BCUT2D eigenvalue weighted by Gasteiger charge is -2.34. The van der Waals surface area contributed by atoms with Gasteiger partial charge in [0.05, 0.1) is 0 Å². The molecule has 1 aliphatic heterocycles. The molecule has 1 saturated heterocycles. The fourth-order valence-electron chi connectivity index (χ4n) is 1.95. The predicted octanol–water partition coefficient (Wildman–Crippen LogP) is 1.40. The van der Waals surface area contributed by atoms with E-state index in [1.165, 1.54) is 13.8 Å². The summed E-state index contributed by atoms with van der Waals surface area (Å²) >= 11 is 0. The SMILES string of the molecule is CC1(C)CCC(C(=O)O)N1C(=O)C(F)(F)F. The summed E-state index contributed by atoms with van der Waals surface area (Å²) < 4.78 is 36.9. The van der Waals surface area contributed by atoms with E-state index in [4.69, 9.17) is 5.11 Å². The van der Waals surface area contributed by atoms with Gasteiger partial charge in [-0.25, -0.2) is 4.79 Å². The number of nitrogens with zero attached hydrogens (tertiary/aromatic N) is 1. The number of carboxylic acid groups (broad SMARTS) is 1. The molecular formula is C9H12F3NO3. The maximum Gasteiger partial charge on any atom is 0.471 e. The number of amides is 1. The predicted molar refractivity (Wildman–Crippen MR) is 47.6 cm³/mol. The highest BCUT2D eigenvalue weighted by Gasteiger charge is 2.54. The lowest BCUT2D eigenvalue weighted by Crippen LogP contribution is -2.54. The van der Waals surface area contributed by atoms with E-state index in [0.717, 1.165) is 0 Å². The lowest BCUT2D eigenvalue weighted by molar-refractivity contribution is -0.192. The van der Waals surface area contributed by atoms with Crippen molar-refractivity contribution in [2.24, 2.45) is 0 Å². The Morgan fingerprint density at radius 3 is 2.25 bits per heavy atom. The molecule has 1 fully saturated rings. The molecule has 1 rings (SSSR count). The third-order valence-electron chi connectivity index (χ3n) is 2.74. The summed E-state index contributed by atoms with van der Waals surface area (Å²) in [6, 6.07) is -1.39. The lowest BCUT2D eigenvalue weighted by atomic mass is 10.0. The van der Waals surface area contributed by atoms with E-state index in [1.54, 1.807) is 0 Å². The van der Waals surface area contributed by atoms with Crippen LogP contribution in [0.5, 0.6) is 0 Å². The molecule has 7 heteroatoms. The zero-order chi connectivity index (χ0) is 12.7. The third-order valence-corrected chi connectivity index (χ3v) is 2.74. The fourth-order valence-corrected chi connectivity index (χ4v) is 1.95. The molecule has 0 bridgehead atoms. The molecule has 1 unspecified atom stereocenters. The minimum Gasteiger partial charge on any atom is -0.480 e. The van der Waals surface area contributed by atoms with Gasteiger partial charge in [0.2, 0.25) is 0 Å².